The summed E-state index contributed by atoms with van der Waals surface area (Å²) in [6.07, 6.45) is 2.75. The van der Waals surface area contributed by atoms with Crippen LogP contribution in [-0.4, -0.2) is 23.4 Å². The van der Waals surface area contributed by atoms with Gasteiger partial charge < -0.3 is 9.84 Å². The minimum Gasteiger partial charge on any atom is -0.493 e. The van der Waals surface area contributed by atoms with E-state index in [4.69, 9.17) is 9.84 Å². The molecule has 0 unspecified atom stereocenters. The van der Waals surface area contributed by atoms with E-state index in [2.05, 4.69) is 11.7 Å². The zero-order valence-electron chi connectivity index (χ0n) is 9.57. The van der Waals surface area contributed by atoms with Crippen molar-refractivity contribution in [3.8, 4) is 0 Å². The predicted molar refractivity (Wildman–Crippen MR) is 59.9 cm³/mol. The minimum absolute atomic E-state index is 0.245. The second kappa shape index (κ2) is 5.34. The fourth-order valence-corrected chi connectivity index (χ4v) is 0.782. The van der Waals surface area contributed by atoms with Crippen molar-refractivity contribution >= 4 is 12.7 Å². The third kappa shape index (κ3) is 5.67. The maximum Gasteiger partial charge on any atom is 0.338 e. The van der Waals surface area contributed by atoms with Crippen LogP contribution in [0.2, 0.25) is 0 Å². The molecule has 0 aliphatic heterocycles. The first kappa shape index (κ1) is 13.4. The zero-order valence-corrected chi connectivity index (χ0v) is 9.57. The number of aliphatic hydroxyl groups is 1. The number of aliphatic hydroxyl groups excluding tert-OH is 1. The van der Waals surface area contributed by atoms with Crippen molar-refractivity contribution in [3.63, 3.8) is 0 Å². The molecule has 0 fully saturated rings. The summed E-state index contributed by atoms with van der Waals surface area (Å²) in [4.78, 5) is 14.8. The third-order valence-corrected chi connectivity index (χ3v) is 1.39. The lowest BCUT2D eigenvalue weighted by Crippen LogP contribution is -2.24. The molecule has 0 atom stereocenters. The Morgan fingerprint density at radius 1 is 1.47 bits per heavy atom. The Morgan fingerprint density at radius 3 is 2.33 bits per heavy atom. The summed E-state index contributed by atoms with van der Waals surface area (Å²) in [7, 11) is 0. The van der Waals surface area contributed by atoms with Gasteiger partial charge in [-0.05, 0) is 34.4 Å². The highest BCUT2D eigenvalue weighted by Crippen LogP contribution is 2.12. The Balaban J connectivity index is 4.73. The summed E-state index contributed by atoms with van der Waals surface area (Å²) in [5.74, 6) is -0.811. The van der Waals surface area contributed by atoms with Gasteiger partial charge in [0.1, 0.15) is 5.60 Å². The average Bonchev–Trinajstić information content (AvgIpc) is 2.10. The van der Waals surface area contributed by atoms with E-state index < -0.39 is 11.6 Å². The average molecular weight is 211 g/mol. The van der Waals surface area contributed by atoms with Crippen molar-refractivity contribution < 1.29 is 14.6 Å². The van der Waals surface area contributed by atoms with Gasteiger partial charge in [-0.2, -0.15) is 0 Å². The zero-order chi connectivity index (χ0) is 12.1. The number of allylic oxidation sites excluding steroid dienone is 1. The quantitative estimate of drug-likeness (QED) is 0.256. The Hall–Kier alpha value is -1.58. The molecule has 0 saturated carbocycles. The van der Waals surface area contributed by atoms with Crippen LogP contribution >= 0.6 is 0 Å². The third-order valence-electron chi connectivity index (χ3n) is 1.39. The molecule has 4 heteroatoms. The number of rotatable bonds is 3. The number of nitrogens with zero attached hydrogens (tertiary/aromatic N) is 1. The topological polar surface area (TPSA) is 58.9 Å². The van der Waals surface area contributed by atoms with Crippen molar-refractivity contribution in [1.29, 1.82) is 0 Å². The van der Waals surface area contributed by atoms with Gasteiger partial charge in [0.25, 0.3) is 0 Å². The summed E-state index contributed by atoms with van der Waals surface area (Å²) in [5, 5.41) is 9.09. The molecule has 1 N–H and O–H groups in total. The molecule has 0 spiro atoms. The maximum atomic E-state index is 11.5. The summed E-state index contributed by atoms with van der Waals surface area (Å²) in [6, 6.07) is 0. The van der Waals surface area contributed by atoms with Gasteiger partial charge in [-0.15, -0.1) is 0 Å². The van der Waals surface area contributed by atoms with E-state index in [9.17, 15) is 4.79 Å². The lowest BCUT2D eigenvalue weighted by atomic mass is 10.2. The molecule has 0 heterocycles. The fraction of sp³-hybridized carbons (Fsp3) is 0.455. The first-order valence-electron chi connectivity index (χ1n) is 4.57. The molecular formula is C11H17NO3. The van der Waals surface area contributed by atoms with Crippen LogP contribution in [0.4, 0.5) is 0 Å². The van der Waals surface area contributed by atoms with E-state index in [1.807, 2.05) is 0 Å². The van der Waals surface area contributed by atoms with Crippen molar-refractivity contribution in [2.45, 2.75) is 33.3 Å². The number of hydrogen-bond acceptors (Lipinski definition) is 4. The van der Waals surface area contributed by atoms with Crippen molar-refractivity contribution in [1.82, 2.24) is 0 Å². The van der Waals surface area contributed by atoms with Crippen molar-refractivity contribution in [2.24, 2.45) is 4.99 Å². The van der Waals surface area contributed by atoms with E-state index in [0.29, 0.717) is 0 Å². The molecule has 0 radical (unpaired) electrons. The second-order valence-corrected chi connectivity index (χ2v) is 3.91. The summed E-state index contributed by atoms with van der Waals surface area (Å²) in [6.45, 7) is 10.1. The van der Waals surface area contributed by atoms with E-state index in [1.165, 1.54) is 12.2 Å². The molecule has 0 bridgehead atoms. The molecule has 4 nitrogen and oxygen atoms in total. The Morgan fingerprint density at radius 2 is 2.00 bits per heavy atom. The molecule has 0 aromatic rings. The monoisotopic (exact) mass is 211 g/mol. The standard InChI is InChI=1S/C11H17NO3/c1-6-8(7-9(13)12-5)10(14)15-11(2,3)4/h6-7,13H,5H2,1-4H3/b8-6+,9-7+. The second-order valence-electron chi connectivity index (χ2n) is 3.91. The number of esters is 1. The molecule has 0 aliphatic carbocycles. The normalized spacial score (nSPS) is 13.6. The Labute approximate surface area is 90.0 Å². The van der Waals surface area contributed by atoms with Gasteiger partial charge >= 0.3 is 5.97 Å². The Kier molecular flexibility index (Phi) is 4.78. The van der Waals surface area contributed by atoms with Crippen LogP contribution in [0.15, 0.2) is 28.6 Å². The lowest BCUT2D eigenvalue weighted by molar-refractivity contribution is -0.149. The predicted octanol–water partition coefficient (Wildman–Crippen LogP) is 2.37. The van der Waals surface area contributed by atoms with Crippen LogP contribution in [0.3, 0.4) is 0 Å². The van der Waals surface area contributed by atoms with Gasteiger partial charge in [0, 0.05) is 6.08 Å². The minimum atomic E-state index is -0.559. The Bertz CT molecular complexity index is 308. The van der Waals surface area contributed by atoms with Gasteiger partial charge in [0.15, 0.2) is 0 Å². The molecule has 0 aromatic carbocycles. The highest BCUT2D eigenvalue weighted by Gasteiger charge is 2.18. The summed E-state index contributed by atoms with van der Waals surface area (Å²) >= 11 is 0. The highest BCUT2D eigenvalue weighted by molar-refractivity contribution is 5.91. The number of carbonyl (C=O) groups is 1. The highest BCUT2D eigenvalue weighted by atomic mass is 16.6. The van der Waals surface area contributed by atoms with Gasteiger partial charge in [-0.3, -0.25) is 0 Å². The van der Waals surface area contributed by atoms with E-state index in [1.54, 1.807) is 27.7 Å². The van der Waals surface area contributed by atoms with Crippen LogP contribution in [0.5, 0.6) is 0 Å². The molecule has 0 aliphatic rings. The van der Waals surface area contributed by atoms with Crippen LogP contribution < -0.4 is 0 Å². The van der Waals surface area contributed by atoms with Crippen LogP contribution in [0.1, 0.15) is 27.7 Å². The summed E-state index contributed by atoms with van der Waals surface area (Å²) in [5.41, 5.74) is -0.314. The number of ether oxygens (including phenoxy) is 1. The van der Waals surface area contributed by atoms with Gasteiger partial charge in [0.2, 0.25) is 5.88 Å². The molecule has 0 rings (SSSR count). The molecule has 0 amide bonds. The fourth-order valence-electron chi connectivity index (χ4n) is 0.782. The van der Waals surface area contributed by atoms with Gasteiger partial charge in [-0.1, -0.05) is 6.08 Å². The van der Waals surface area contributed by atoms with Gasteiger partial charge in [-0.25, -0.2) is 9.79 Å². The van der Waals surface area contributed by atoms with Gasteiger partial charge in [0.05, 0.1) is 5.57 Å². The maximum absolute atomic E-state index is 11.5. The summed E-state index contributed by atoms with van der Waals surface area (Å²) < 4.78 is 5.11. The molecule has 0 saturated heterocycles. The van der Waals surface area contributed by atoms with E-state index in [-0.39, 0.29) is 11.5 Å². The van der Waals surface area contributed by atoms with E-state index in [0.717, 1.165) is 0 Å². The van der Waals surface area contributed by atoms with Crippen LogP contribution in [0, 0.1) is 0 Å². The van der Waals surface area contributed by atoms with Crippen molar-refractivity contribution in [2.75, 3.05) is 0 Å². The SMILES string of the molecule is C=N/C(O)=C\C(=C/C)C(=O)OC(C)(C)C. The molecule has 15 heavy (non-hydrogen) atoms. The molecule has 0 aromatic heterocycles. The van der Waals surface area contributed by atoms with Crippen LogP contribution in [0.25, 0.3) is 0 Å². The lowest BCUT2D eigenvalue weighted by Gasteiger charge is -2.19. The first-order valence-corrected chi connectivity index (χ1v) is 4.57. The van der Waals surface area contributed by atoms with Crippen LogP contribution in [-0.2, 0) is 9.53 Å². The van der Waals surface area contributed by atoms with E-state index >= 15 is 0 Å². The first-order chi connectivity index (χ1) is 6.80. The van der Waals surface area contributed by atoms with Crippen molar-refractivity contribution in [3.05, 3.63) is 23.6 Å². The number of aliphatic imine (C=N–C) groups is 1. The number of hydrogen-bond donors (Lipinski definition) is 1. The largest absolute Gasteiger partial charge is 0.493 e. The molecule has 84 valence electrons. The smallest absolute Gasteiger partial charge is 0.338 e. The number of carbonyl (C=O) groups excluding carboxylic acids is 1. The molecular weight excluding hydrogens is 194 g/mol.